The summed E-state index contributed by atoms with van der Waals surface area (Å²) < 4.78 is 93.0. The molecule has 0 saturated heterocycles. The Labute approximate surface area is 344 Å². The highest BCUT2D eigenvalue weighted by atomic mass is 19.4. The molecule has 3 saturated carbocycles. The number of hydrogen-bond donors (Lipinski definition) is 2. The number of ether oxygens (including phenoxy) is 2. The molecular formula is C44H51F6N3O7. The summed E-state index contributed by atoms with van der Waals surface area (Å²) >= 11 is 0. The second-order valence-electron chi connectivity index (χ2n) is 18.2. The van der Waals surface area contributed by atoms with Gasteiger partial charge in [0.05, 0.1) is 29.6 Å². The summed E-state index contributed by atoms with van der Waals surface area (Å²) in [7, 11) is 0. The van der Waals surface area contributed by atoms with Crippen LogP contribution in [0.15, 0.2) is 54.6 Å². The maximum atomic E-state index is 13.9. The number of rotatable bonds is 9. The number of amides is 3. The summed E-state index contributed by atoms with van der Waals surface area (Å²) in [5.74, 6) is -2.76. The third-order valence-electron chi connectivity index (χ3n) is 13.3. The molecule has 0 bridgehead atoms. The summed E-state index contributed by atoms with van der Waals surface area (Å²) in [6, 6.07) is 5.98. The van der Waals surface area contributed by atoms with E-state index in [-0.39, 0.29) is 30.8 Å². The smallest absolute Gasteiger partial charge is 0.417 e. The van der Waals surface area contributed by atoms with E-state index >= 15 is 0 Å². The molecule has 3 amide bonds. The average Bonchev–Trinajstić information content (AvgIpc) is 3.50. The van der Waals surface area contributed by atoms with Gasteiger partial charge in [-0.05, 0) is 124 Å². The van der Waals surface area contributed by atoms with Gasteiger partial charge in [-0.25, -0.2) is 9.69 Å². The van der Waals surface area contributed by atoms with Gasteiger partial charge in [-0.15, -0.1) is 0 Å². The van der Waals surface area contributed by atoms with Gasteiger partial charge in [0.1, 0.15) is 18.0 Å². The molecule has 6 rings (SSSR count). The molecule has 60 heavy (non-hydrogen) atoms. The number of fused-ring (bicyclic) bond motifs is 5. The molecule has 326 valence electrons. The third-order valence-corrected chi connectivity index (χ3v) is 13.3. The topological polar surface area (TPSA) is 145 Å². The Hall–Kier alpha value is -4.73. The number of imide groups is 1. The standard InChI is InChI=1S/C44H51F6N3O7/c1-40(2,3)60-37(56)22-33(51)38(57)52-27-9-6-24(7-10-27)23-59-39(58)53-35-15-11-28-30-13-14-32(41(30,4)18-16-31(28)42(35,5)19-17-36(53)55)34(54)21-25-20-26(43(45,46)47)8-12-29(25)44(48,49)50/h6-10,12,17,19-20,28,30-33,35H,11,13-16,18,21-23,51H2,1-5H3,(H,52,57)/t28-,30-,31-,32+,33-,35+,41-,42+/m0/s1. The molecule has 2 aromatic carbocycles. The van der Waals surface area contributed by atoms with E-state index in [1.807, 2.05) is 19.9 Å². The first-order valence-electron chi connectivity index (χ1n) is 20.2. The minimum Gasteiger partial charge on any atom is -0.460 e. The summed E-state index contributed by atoms with van der Waals surface area (Å²) in [6.45, 7) is 8.93. The number of esters is 1. The van der Waals surface area contributed by atoms with Crippen LogP contribution in [0.5, 0.6) is 0 Å². The van der Waals surface area contributed by atoms with Gasteiger partial charge in [-0.2, -0.15) is 26.3 Å². The van der Waals surface area contributed by atoms with Crippen molar-refractivity contribution < 1.29 is 59.8 Å². The number of ketones is 1. The molecule has 3 aliphatic carbocycles. The number of nitrogens with one attached hydrogen (secondary N) is 1. The van der Waals surface area contributed by atoms with Crippen LogP contribution in [0.4, 0.5) is 36.8 Å². The Balaban J connectivity index is 1.09. The number of hydrogen-bond acceptors (Lipinski definition) is 8. The van der Waals surface area contributed by atoms with Crippen LogP contribution in [-0.4, -0.2) is 52.2 Å². The van der Waals surface area contributed by atoms with Crippen LogP contribution >= 0.6 is 0 Å². The van der Waals surface area contributed by atoms with Crippen molar-refractivity contribution in [2.24, 2.45) is 40.2 Å². The molecule has 16 heteroatoms. The number of benzene rings is 2. The van der Waals surface area contributed by atoms with Crippen LogP contribution in [0.1, 0.15) is 102 Å². The highest BCUT2D eigenvalue weighted by Crippen LogP contribution is 2.66. The maximum absolute atomic E-state index is 13.9. The minimum absolute atomic E-state index is 0.00290. The monoisotopic (exact) mass is 847 g/mol. The predicted molar refractivity (Wildman–Crippen MR) is 207 cm³/mol. The van der Waals surface area contributed by atoms with Crippen molar-refractivity contribution >= 4 is 35.3 Å². The summed E-state index contributed by atoms with van der Waals surface area (Å²) in [5.41, 5.74) is 1.75. The van der Waals surface area contributed by atoms with Crippen LogP contribution < -0.4 is 11.1 Å². The lowest BCUT2D eigenvalue weighted by atomic mass is 9.47. The van der Waals surface area contributed by atoms with Crippen molar-refractivity contribution in [1.29, 1.82) is 0 Å². The van der Waals surface area contributed by atoms with Crippen LogP contribution in [0.25, 0.3) is 0 Å². The zero-order valence-electron chi connectivity index (χ0n) is 34.2. The maximum Gasteiger partial charge on any atom is 0.417 e. The average molecular weight is 848 g/mol. The molecule has 4 aliphatic rings. The van der Waals surface area contributed by atoms with Crippen LogP contribution in [-0.2, 0) is 54.0 Å². The molecular weight excluding hydrogens is 796 g/mol. The van der Waals surface area contributed by atoms with Crippen molar-refractivity contribution in [2.45, 2.75) is 123 Å². The first kappa shape index (κ1) is 44.8. The summed E-state index contributed by atoms with van der Waals surface area (Å²) in [6.07, 6.45) is -5.17. The lowest BCUT2D eigenvalue weighted by Gasteiger charge is -2.60. The molecule has 2 aromatic rings. The molecule has 1 aliphatic heterocycles. The molecule has 0 aromatic heterocycles. The Morgan fingerprint density at radius 2 is 1.58 bits per heavy atom. The molecule has 0 spiro atoms. The minimum atomic E-state index is -4.93. The molecule has 3 fully saturated rings. The van der Waals surface area contributed by atoms with Gasteiger partial charge in [0.25, 0.3) is 5.91 Å². The number of carbonyl (C=O) groups excluding carboxylic acids is 5. The Bertz CT molecular complexity index is 2040. The van der Waals surface area contributed by atoms with Gasteiger partial charge < -0.3 is 20.5 Å². The summed E-state index contributed by atoms with van der Waals surface area (Å²) in [4.78, 5) is 66.6. The van der Waals surface area contributed by atoms with Gasteiger partial charge in [-0.1, -0.05) is 32.1 Å². The van der Waals surface area contributed by atoms with Crippen molar-refractivity contribution in [2.75, 3.05) is 5.32 Å². The van der Waals surface area contributed by atoms with Crippen molar-refractivity contribution in [3.05, 3.63) is 76.9 Å². The SMILES string of the molecule is CC(C)(C)OC(=O)C[C@H](N)C(=O)Nc1ccc(COC(=O)N2C(=O)C=C[C@]3(C)[C@H]4CC[C@]5(C)[C@@H](C(=O)Cc6cc(C(F)(F)F)ccc6C(F)(F)F)CC[C@H]5[C@@H]4CC[C@@H]23)cc1. The van der Waals surface area contributed by atoms with E-state index in [1.54, 1.807) is 45.0 Å². The van der Waals surface area contributed by atoms with E-state index in [9.17, 15) is 50.3 Å². The molecule has 3 N–H and O–H groups in total. The number of nitrogens with two attached hydrogens (primary N) is 1. The van der Waals surface area contributed by atoms with Crippen LogP contribution in [0.3, 0.4) is 0 Å². The van der Waals surface area contributed by atoms with E-state index < -0.39 is 99.6 Å². The van der Waals surface area contributed by atoms with E-state index in [1.165, 1.54) is 11.0 Å². The van der Waals surface area contributed by atoms with Gasteiger partial charge >= 0.3 is 24.4 Å². The van der Waals surface area contributed by atoms with E-state index in [2.05, 4.69) is 5.32 Å². The molecule has 1 heterocycles. The normalized spacial score (nSPS) is 28.2. The lowest BCUT2D eigenvalue weighted by molar-refractivity contribution is -0.156. The van der Waals surface area contributed by atoms with Gasteiger partial charge in [0.15, 0.2) is 0 Å². The number of anilines is 1. The second kappa shape index (κ2) is 16.3. The van der Waals surface area contributed by atoms with Gasteiger partial charge in [0.2, 0.25) is 5.91 Å². The number of nitrogens with zero attached hydrogens (tertiary/aromatic N) is 1. The van der Waals surface area contributed by atoms with Gasteiger partial charge in [-0.3, -0.25) is 19.2 Å². The Kier molecular flexibility index (Phi) is 12.2. The summed E-state index contributed by atoms with van der Waals surface area (Å²) in [5, 5.41) is 2.64. The third kappa shape index (κ3) is 9.13. The Morgan fingerprint density at radius 3 is 2.22 bits per heavy atom. The largest absolute Gasteiger partial charge is 0.460 e. The fourth-order valence-electron chi connectivity index (χ4n) is 10.5. The fraction of sp³-hybridized carbons (Fsp3) is 0.568. The quantitative estimate of drug-likeness (QED) is 0.188. The predicted octanol–water partition coefficient (Wildman–Crippen LogP) is 8.80. The highest BCUT2D eigenvalue weighted by molar-refractivity contribution is 6.00. The zero-order valence-corrected chi connectivity index (χ0v) is 34.2. The second-order valence-corrected chi connectivity index (χ2v) is 18.2. The number of alkyl halides is 6. The number of halogens is 6. The first-order chi connectivity index (χ1) is 27.8. The van der Waals surface area contributed by atoms with Crippen molar-refractivity contribution in [1.82, 2.24) is 4.90 Å². The van der Waals surface area contributed by atoms with E-state index in [0.29, 0.717) is 68.0 Å². The highest BCUT2D eigenvalue weighted by Gasteiger charge is 2.62. The van der Waals surface area contributed by atoms with Gasteiger partial charge in [0, 0.05) is 29.5 Å². The molecule has 8 atom stereocenters. The number of carbonyl (C=O) groups is 5. The lowest BCUT2D eigenvalue weighted by Crippen LogP contribution is -2.62. The number of Topliss-reactive ketones (excluding diaryl/α,β-unsaturated/α-hetero) is 1. The van der Waals surface area contributed by atoms with E-state index in [4.69, 9.17) is 15.2 Å². The molecule has 0 radical (unpaired) electrons. The fourth-order valence-corrected chi connectivity index (χ4v) is 10.5. The Morgan fingerprint density at radius 1 is 0.900 bits per heavy atom. The first-order valence-corrected chi connectivity index (χ1v) is 20.2. The van der Waals surface area contributed by atoms with Crippen molar-refractivity contribution in [3.8, 4) is 0 Å². The van der Waals surface area contributed by atoms with E-state index in [0.717, 1.165) is 0 Å². The molecule has 0 unspecified atom stereocenters. The van der Waals surface area contributed by atoms with Crippen molar-refractivity contribution in [3.63, 3.8) is 0 Å². The van der Waals surface area contributed by atoms with Crippen LogP contribution in [0, 0.1) is 34.5 Å². The zero-order chi connectivity index (χ0) is 44.2. The molecule has 10 nitrogen and oxygen atoms in total. The van der Waals surface area contributed by atoms with Crippen LogP contribution in [0.2, 0.25) is 0 Å².